The maximum absolute atomic E-state index is 9.95. The Morgan fingerprint density at radius 2 is 2.00 bits per heavy atom. The number of hydrogen-bond donors (Lipinski definition) is 2. The molecule has 0 saturated heterocycles. The van der Waals surface area contributed by atoms with E-state index in [4.69, 9.17) is 5.73 Å². The summed E-state index contributed by atoms with van der Waals surface area (Å²) in [7, 11) is 0. The van der Waals surface area contributed by atoms with Gasteiger partial charge in [0.15, 0.2) is 0 Å². The van der Waals surface area contributed by atoms with E-state index in [9.17, 15) is 5.11 Å². The molecular weight excluding hydrogens is 254 g/mol. The molecule has 1 aromatic rings. The van der Waals surface area contributed by atoms with Gasteiger partial charge in [-0.2, -0.15) is 0 Å². The van der Waals surface area contributed by atoms with Gasteiger partial charge in [0.2, 0.25) is 0 Å². The first-order chi connectivity index (χ1) is 7.07. The Morgan fingerprint density at radius 1 is 1.33 bits per heavy atom. The highest BCUT2D eigenvalue weighted by Crippen LogP contribution is 2.32. The fourth-order valence-corrected chi connectivity index (χ4v) is 2.26. The Bertz CT molecular complexity index is 324. The van der Waals surface area contributed by atoms with Crippen LogP contribution < -0.4 is 5.73 Å². The Morgan fingerprint density at radius 3 is 2.60 bits per heavy atom. The highest BCUT2D eigenvalue weighted by atomic mass is 79.9. The van der Waals surface area contributed by atoms with Crippen LogP contribution in [-0.4, -0.2) is 11.7 Å². The minimum absolute atomic E-state index is 0.438. The normalized spacial score (nSPS) is 10.7. The lowest BCUT2D eigenvalue weighted by molar-refractivity contribution is 0.461. The van der Waals surface area contributed by atoms with Crippen molar-refractivity contribution in [1.29, 1.82) is 0 Å². The molecular formula is C12H18BrNO. The van der Waals surface area contributed by atoms with E-state index in [0.29, 0.717) is 12.3 Å². The summed E-state index contributed by atoms with van der Waals surface area (Å²) in [5.41, 5.74) is 8.57. The van der Waals surface area contributed by atoms with Gasteiger partial charge >= 0.3 is 0 Å². The van der Waals surface area contributed by atoms with Gasteiger partial charge in [-0.3, -0.25) is 0 Å². The van der Waals surface area contributed by atoms with Gasteiger partial charge in [-0.15, -0.1) is 0 Å². The smallest absolute Gasteiger partial charge is 0.122 e. The first-order valence-electron chi connectivity index (χ1n) is 5.25. The van der Waals surface area contributed by atoms with Crippen LogP contribution in [0.4, 0.5) is 0 Å². The van der Waals surface area contributed by atoms with Gasteiger partial charge in [0.05, 0.1) is 0 Å². The van der Waals surface area contributed by atoms with Gasteiger partial charge in [0.1, 0.15) is 5.75 Å². The number of unbranched alkanes of at least 4 members (excludes halogenated alkanes) is 1. The minimum Gasteiger partial charge on any atom is -0.507 e. The van der Waals surface area contributed by atoms with Crippen molar-refractivity contribution in [2.24, 2.45) is 5.73 Å². The molecule has 0 bridgehead atoms. The molecule has 84 valence electrons. The minimum atomic E-state index is 0.438. The molecule has 15 heavy (non-hydrogen) atoms. The first-order valence-corrected chi connectivity index (χ1v) is 6.04. The van der Waals surface area contributed by atoms with Crippen LogP contribution in [0.15, 0.2) is 10.5 Å². The van der Waals surface area contributed by atoms with Gasteiger partial charge in [0.25, 0.3) is 0 Å². The average molecular weight is 272 g/mol. The standard InChI is InChI=1S/C12H18BrNO/c1-8-7-11(13)9(2)10(12(8)15)5-3-4-6-14/h7,15H,3-6,14H2,1-2H3. The number of nitrogens with two attached hydrogens (primary N) is 1. The van der Waals surface area contributed by atoms with Gasteiger partial charge < -0.3 is 10.8 Å². The predicted octanol–water partition coefficient (Wildman–Crippen LogP) is 3.05. The summed E-state index contributed by atoms with van der Waals surface area (Å²) in [5.74, 6) is 0.438. The van der Waals surface area contributed by atoms with E-state index >= 15 is 0 Å². The van der Waals surface area contributed by atoms with Crippen LogP contribution in [0.3, 0.4) is 0 Å². The number of benzene rings is 1. The first kappa shape index (κ1) is 12.5. The molecule has 0 unspecified atom stereocenters. The van der Waals surface area contributed by atoms with Crippen LogP contribution in [0.2, 0.25) is 0 Å². The van der Waals surface area contributed by atoms with Crippen molar-refractivity contribution in [2.45, 2.75) is 33.1 Å². The molecule has 0 heterocycles. The molecule has 0 aliphatic heterocycles. The number of phenolic OH excluding ortho intramolecular Hbond substituents is 1. The molecule has 3 heteroatoms. The summed E-state index contributed by atoms with van der Waals surface area (Å²) in [5, 5.41) is 9.95. The van der Waals surface area contributed by atoms with Crippen molar-refractivity contribution in [3.63, 3.8) is 0 Å². The zero-order valence-corrected chi connectivity index (χ0v) is 10.9. The molecule has 2 nitrogen and oxygen atoms in total. The number of phenols is 1. The molecule has 0 aliphatic rings. The summed E-state index contributed by atoms with van der Waals surface area (Å²) in [4.78, 5) is 0. The van der Waals surface area contributed by atoms with Crippen LogP contribution >= 0.6 is 15.9 Å². The van der Waals surface area contributed by atoms with E-state index in [1.54, 1.807) is 0 Å². The van der Waals surface area contributed by atoms with Crippen molar-refractivity contribution in [2.75, 3.05) is 6.54 Å². The van der Waals surface area contributed by atoms with E-state index in [2.05, 4.69) is 15.9 Å². The Balaban J connectivity index is 2.94. The van der Waals surface area contributed by atoms with Crippen molar-refractivity contribution >= 4 is 15.9 Å². The molecule has 0 amide bonds. The molecule has 0 saturated carbocycles. The van der Waals surface area contributed by atoms with Crippen molar-refractivity contribution in [3.8, 4) is 5.75 Å². The predicted molar refractivity (Wildman–Crippen MR) is 67.3 cm³/mol. The lowest BCUT2D eigenvalue weighted by Crippen LogP contribution is -2.00. The molecule has 3 N–H and O–H groups in total. The fourth-order valence-electron chi connectivity index (χ4n) is 1.68. The van der Waals surface area contributed by atoms with E-state index in [-0.39, 0.29) is 0 Å². The molecule has 0 spiro atoms. The fraction of sp³-hybridized carbons (Fsp3) is 0.500. The lowest BCUT2D eigenvalue weighted by atomic mass is 9.99. The highest BCUT2D eigenvalue weighted by molar-refractivity contribution is 9.10. The van der Waals surface area contributed by atoms with Crippen LogP contribution in [0.5, 0.6) is 5.75 Å². The summed E-state index contributed by atoms with van der Waals surface area (Å²) in [6.45, 7) is 4.67. The molecule has 1 rings (SSSR count). The topological polar surface area (TPSA) is 46.2 Å². The summed E-state index contributed by atoms with van der Waals surface area (Å²) >= 11 is 3.50. The van der Waals surface area contributed by atoms with Crippen LogP contribution in [0.1, 0.15) is 29.5 Å². The van der Waals surface area contributed by atoms with Gasteiger partial charge in [-0.05, 0) is 62.4 Å². The summed E-state index contributed by atoms with van der Waals surface area (Å²) in [6, 6.07) is 1.96. The van der Waals surface area contributed by atoms with E-state index < -0.39 is 0 Å². The second-order valence-electron chi connectivity index (χ2n) is 3.87. The van der Waals surface area contributed by atoms with E-state index in [1.165, 1.54) is 0 Å². The van der Waals surface area contributed by atoms with Crippen molar-refractivity contribution in [3.05, 3.63) is 27.2 Å². The van der Waals surface area contributed by atoms with E-state index in [1.807, 2.05) is 19.9 Å². The third kappa shape index (κ3) is 2.95. The largest absolute Gasteiger partial charge is 0.507 e. The molecule has 0 atom stereocenters. The average Bonchev–Trinajstić information content (AvgIpc) is 2.20. The number of aryl methyl sites for hydroxylation is 1. The Hall–Kier alpha value is -0.540. The van der Waals surface area contributed by atoms with Crippen molar-refractivity contribution in [1.82, 2.24) is 0 Å². The van der Waals surface area contributed by atoms with Crippen LogP contribution in [0.25, 0.3) is 0 Å². The number of aromatic hydroxyl groups is 1. The summed E-state index contributed by atoms with van der Waals surface area (Å²) < 4.78 is 1.07. The zero-order chi connectivity index (χ0) is 11.4. The molecule has 1 aromatic carbocycles. The summed E-state index contributed by atoms with van der Waals surface area (Å²) in [6.07, 6.45) is 2.93. The number of hydrogen-bond acceptors (Lipinski definition) is 2. The lowest BCUT2D eigenvalue weighted by Gasteiger charge is -2.12. The van der Waals surface area contributed by atoms with Gasteiger partial charge in [-0.1, -0.05) is 15.9 Å². The zero-order valence-electron chi connectivity index (χ0n) is 9.31. The quantitative estimate of drug-likeness (QED) is 0.827. The maximum Gasteiger partial charge on any atom is 0.122 e. The molecule has 0 aromatic heterocycles. The van der Waals surface area contributed by atoms with E-state index in [0.717, 1.165) is 40.4 Å². The Kier molecular flexibility index (Phi) is 4.61. The molecule has 0 radical (unpaired) electrons. The van der Waals surface area contributed by atoms with Crippen molar-refractivity contribution < 1.29 is 5.11 Å². The third-order valence-electron chi connectivity index (χ3n) is 2.69. The van der Waals surface area contributed by atoms with Crippen LogP contribution in [0, 0.1) is 13.8 Å². The molecule has 0 aliphatic carbocycles. The number of rotatable bonds is 4. The Labute approximate surface area is 99.6 Å². The monoisotopic (exact) mass is 271 g/mol. The molecule has 0 fully saturated rings. The second-order valence-corrected chi connectivity index (χ2v) is 4.73. The van der Waals surface area contributed by atoms with Gasteiger partial charge in [-0.25, -0.2) is 0 Å². The number of halogens is 1. The SMILES string of the molecule is Cc1cc(Br)c(C)c(CCCCN)c1O. The second kappa shape index (κ2) is 5.52. The highest BCUT2D eigenvalue weighted by Gasteiger charge is 2.10. The van der Waals surface area contributed by atoms with Gasteiger partial charge in [0, 0.05) is 4.47 Å². The third-order valence-corrected chi connectivity index (χ3v) is 3.52. The van der Waals surface area contributed by atoms with Crippen LogP contribution in [-0.2, 0) is 6.42 Å². The maximum atomic E-state index is 9.95.